The monoisotopic (exact) mass is 343 g/mol. The van der Waals surface area contributed by atoms with Crippen LogP contribution in [0.1, 0.15) is 11.1 Å². The zero-order valence-electron chi connectivity index (χ0n) is 14.2. The Bertz CT molecular complexity index is 981. The zero-order chi connectivity index (χ0) is 17.9. The highest BCUT2D eigenvalue weighted by Crippen LogP contribution is 2.31. The van der Waals surface area contributed by atoms with Gasteiger partial charge in [0, 0.05) is 11.3 Å². The zero-order valence-corrected chi connectivity index (χ0v) is 14.2. The average molecular weight is 343 g/mol. The van der Waals surface area contributed by atoms with Gasteiger partial charge in [0.05, 0.1) is 18.9 Å². The van der Waals surface area contributed by atoms with Crippen molar-refractivity contribution in [3.8, 4) is 17.6 Å². The second kappa shape index (κ2) is 6.69. The predicted molar refractivity (Wildman–Crippen MR) is 102 cm³/mol. The van der Waals surface area contributed by atoms with E-state index in [9.17, 15) is 0 Å². The maximum Gasteiger partial charge on any atom is 0.206 e. The molecule has 3 aromatic rings. The molecule has 1 unspecified atom stereocenters. The van der Waals surface area contributed by atoms with E-state index in [0.717, 1.165) is 17.0 Å². The van der Waals surface area contributed by atoms with E-state index in [1.54, 1.807) is 19.4 Å². The molecule has 0 amide bonds. The second-order valence-electron chi connectivity index (χ2n) is 5.76. The van der Waals surface area contributed by atoms with Gasteiger partial charge in [0.2, 0.25) is 5.88 Å². The summed E-state index contributed by atoms with van der Waals surface area (Å²) in [5.74, 6) is 8.04. The van der Waals surface area contributed by atoms with Crippen LogP contribution in [0.2, 0.25) is 0 Å². The predicted octanol–water partition coefficient (Wildman–Crippen LogP) is 3.92. The molecule has 1 aromatic heterocycles. The van der Waals surface area contributed by atoms with Crippen molar-refractivity contribution < 1.29 is 9.15 Å². The number of hydrogen-bond acceptors (Lipinski definition) is 4. The first-order chi connectivity index (χ1) is 12.8. The van der Waals surface area contributed by atoms with E-state index in [0.29, 0.717) is 17.3 Å². The summed E-state index contributed by atoms with van der Waals surface area (Å²) in [4.78, 5) is 1.84. The molecule has 0 bridgehead atoms. The summed E-state index contributed by atoms with van der Waals surface area (Å²) in [5, 5.41) is 11.9. The number of ether oxygens (including phenoxy) is 1. The normalized spacial score (nSPS) is 15.5. The molecular formula is C21H17N3O2. The Labute approximate surface area is 151 Å². The number of hydrogen-bond donors (Lipinski definition) is 2. The first kappa shape index (κ1) is 15.9. The lowest BCUT2D eigenvalue weighted by molar-refractivity contribution is 0.415. The summed E-state index contributed by atoms with van der Waals surface area (Å²) in [5.41, 5.74) is 2.47. The van der Waals surface area contributed by atoms with Gasteiger partial charge in [-0.05, 0) is 42.5 Å². The summed E-state index contributed by atoms with van der Waals surface area (Å²) in [6.45, 7) is 0. The van der Waals surface area contributed by atoms with Crippen molar-refractivity contribution in [3.63, 3.8) is 0 Å². The topological polar surface area (TPSA) is 61.5 Å². The van der Waals surface area contributed by atoms with E-state index >= 15 is 0 Å². The van der Waals surface area contributed by atoms with Gasteiger partial charge in [0.25, 0.3) is 0 Å². The van der Waals surface area contributed by atoms with Crippen molar-refractivity contribution >= 4 is 17.4 Å². The molecule has 128 valence electrons. The van der Waals surface area contributed by atoms with E-state index < -0.39 is 6.17 Å². The molecule has 0 radical (unpaired) electrons. The number of nitrogens with one attached hydrogen (secondary N) is 2. The molecule has 0 aliphatic carbocycles. The van der Waals surface area contributed by atoms with Crippen LogP contribution in [0.5, 0.6) is 5.75 Å². The van der Waals surface area contributed by atoms with Crippen molar-refractivity contribution in [2.75, 3.05) is 17.3 Å². The van der Waals surface area contributed by atoms with Gasteiger partial charge in [-0.3, -0.25) is 10.3 Å². The third-order valence-electron chi connectivity index (χ3n) is 4.16. The standard InChI is InChI=1S/C21H17N3O2/c1-25-17-10-8-16(9-11-17)24-19(12-7-15-5-3-2-4-6-15)23-21-18(20(24)22)13-14-26-21/h2-6,8-11,13-14,19,22-23H,1H3. The molecule has 2 aromatic carbocycles. The average Bonchev–Trinajstić information content (AvgIpc) is 3.16. The van der Waals surface area contributed by atoms with Crippen LogP contribution in [0.3, 0.4) is 0 Å². The molecule has 1 atom stereocenters. The van der Waals surface area contributed by atoms with Gasteiger partial charge in [-0.25, -0.2) is 0 Å². The van der Waals surface area contributed by atoms with Crippen LogP contribution in [0.15, 0.2) is 71.3 Å². The van der Waals surface area contributed by atoms with Crippen LogP contribution in [0, 0.1) is 17.3 Å². The highest BCUT2D eigenvalue weighted by molar-refractivity contribution is 6.13. The number of benzene rings is 2. The number of fused-ring (bicyclic) bond motifs is 1. The number of anilines is 2. The lowest BCUT2D eigenvalue weighted by atomic mass is 10.1. The number of methoxy groups -OCH3 is 1. The minimum Gasteiger partial charge on any atom is -0.497 e. The van der Waals surface area contributed by atoms with Crippen molar-refractivity contribution in [1.82, 2.24) is 0 Å². The highest BCUT2D eigenvalue weighted by atomic mass is 16.5. The van der Waals surface area contributed by atoms with Gasteiger partial charge >= 0.3 is 0 Å². The Morgan fingerprint density at radius 1 is 1.08 bits per heavy atom. The molecular weight excluding hydrogens is 326 g/mol. The van der Waals surface area contributed by atoms with Crippen molar-refractivity contribution in [3.05, 3.63) is 78.1 Å². The van der Waals surface area contributed by atoms with Crippen molar-refractivity contribution in [1.29, 1.82) is 5.41 Å². The summed E-state index contributed by atoms with van der Waals surface area (Å²) in [6.07, 6.45) is 1.15. The van der Waals surface area contributed by atoms with Crippen LogP contribution in [0.25, 0.3) is 0 Å². The maximum atomic E-state index is 8.62. The lowest BCUT2D eigenvalue weighted by Crippen LogP contribution is -2.48. The van der Waals surface area contributed by atoms with Crippen LogP contribution >= 0.6 is 0 Å². The minimum absolute atomic E-state index is 0.338. The van der Waals surface area contributed by atoms with Crippen LogP contribution in [0.4, 0.5) is 11.6 Å². The summed E-state index contributed by atoms with van der Waals surface area (Å²) in [6, 6.07) is 19.1. The summed E-state index contributed by atoms with van der Waals surface area (Å²) in [7, 11) is 1.63. The van der Waals surface area contributed by atoms with Crippen LogP contribution in [-0.4, -0.2) is 19.1 Å². The summed E-state index contributed by atoms with van der Waals surface area (Å²) < 4.78 is 10.7. The second-order valence-corrected chi connectivity index (χ2v) is 5.76. The number of rotatable bonds is 2. The Hall–Kier alpha value is -3.65. The largest absolute Gasteiger partial charge is 0.497 e. The fourth-order valence-electron chi connectivity index (χ4n) is 2.85. The maximum absolute atomic E-state index is 8.62. The molecule has 5 heteroatoms. The molecule has 2 N–H and O–H groups in total. The van der Waals surface area contributed by atoms with Gasteiger partial charge in [-0.15, -0.1) is 0 Å². The quantitative estimate of drug-likeness (QED) is 0.692. The highest BCUT2D eigenvalue weighted by Gasteiger charge is 2.31. The molecule has 26 heavy (non-hydrogen) atoms. The number of amidine groups is 1. The molecule has 5 nitrogen and oxygen atoms in total. The van der Waals surface area contributed by atoms with E-state index in [4.69, 9.17) is 14.6 Å². The molecule has 0 saturated heterocycles. The van der Waals surface area contributed by atoms with Gasteiger partial charge < -0.3 is 14.5 Å². The summed E-state index contributed by atoms with van der Waals surface area (Å²) >= 11 is 0. The Kier molecular flexibility index (Phi) is 4.08. The number of nitrogens with zero attached hydrogens (tertiary/aromatic N) is 1. The molecule has 0 fully saturated rings. The fourth-order valence-corrected chi connectivity index (χ4v) is 2.85. The van der Waals surface area contributed by atoms with E-state index in [1.807, 2.05) is 59.5 Å². The van der Waals surface area contributed by atoms with Gasteiger partial charge in [-0.1, -0.05) is 30.0 Å². The molecule has 0 spiro atoms. The molecule has 0 saturated carbocycles. The van der Waals surface area contributed by atoms with E-state index in [-0.39, 0.29) is 0 Å². The third kappa shape index (κ3) is 2.89. The van der Waals surface area contributed by atoms with Crippen molar-refractivity contribution in [2.45, 2.75) is 6.17 Å². The van der Waals surface area contributed by atoms with Gasteiger partial charge in [0.15, 0.2) is 6.17 Å². The fraction of sp³-hybridized carbons (Fsp3) is 0.0952. The van der Waals surface area contributed by atoms with Gasteiger partial charge in [0.1, 0.15) is 11.6 Å². The molecule has 2 heterocycles. The number of furan rings is 1. The molecule has 1 aliphatic rings. The Balaban J connectivity index is 1.74. The van der Waals surface area contributed by atoms with E-state index in [2.05, 4.69) is 17.2 Å². The lowest BCUT2D eigenvalue weighted by Gasteiger charge is -2.34. The van der Waals surface area contributed by atoms with Crippen molar-refractivity contribution in [2.24, 2.45) is 0 Å². The molecule has 4 rings (SSSR count). The van der Waals surface area contributed by atoms with Gasteiger partial charge in [-0.2, -0.15) is 0 Å². The molecule has 1 aliphatic heterocycles. The first-order valence-corrected chi connectivity index (χ1v) is 8.19. The SMILES string of the molecule is COc1ccc(N2C(=N)c3ccoc3NC2C#Cc2ccccc2)cc1. The Morgan fingerprint density at radius 2 is 1.85 bits per heavy atom. The smallest absolute Gasteiger partial charge is 0.206 e. The van der Waals surface area contributed by atoms with E-state index in [1.165, 1.54) is 0 Å². The minimum atomic E-state index is -0.422. The first-order valence-electron chi connectivity index (χ1n) is 8.19. The third-order valence-corrected chi connectivity index (χ3v) is 4.16. The van der Waals surface area contributed by atoms with Crippen LogP contribution in [-0.2, 0) is 0 Å². The Morgan fingerprint density at radius 3 is 2.58 bits per heavy atom. The van der Waals surface area contributed by atoms with Crippen LogP contribution < -0.4 is 15.0 Å².